The number of ether oxygens (including phenoxy) is 1. The summed E-state index contributed by atoms with van der Waals surface area (Å²) in [5, 5.41) is 4.13. The van der Waals surface area contributed by atoms with Crippen molar-refractivity contribution in [3.8, 4) is 0 Å². The number of nitrogens with zero attached hydrogens (tertiary/aromatic N) is 2. The number of thioether (sulfide) groups is 1. The SMILES string of the molecule is O=C(Nc1cccc([C@H]2CN3CCSC3=N2)c1)C1CCCO1. The molecule has 116 valence electrons. The zero-order chi connectivity index (χ0) is 14.9. The molecule has 0 spiro atoms. The molecule has 0 saturated carbocycles. The highest BCUT2D eigenvalue weighted by Gasteiger charge is 2.30. The quantitative estimate of drug-likeness (QED) is 0.929. The molecule has 0 aromatic heterocycles. The van der Waals surface area contributed by atoms with Gasteiger partial charge in [0.25, 0.3) is 5.91 Å². The first-order valence-corrected chi connectivity index (χ1v) is 8.76. The molecule has 2 atom stereocenters. The molecule has 1 amide bonds. The molecule has 1 unspecified atom stereocenters. The highest BCUT2D eigenvalue weighted by atomic mass is 32.2. The smallest absolute Gasteiger partial charge is 0.253 e. The monoisotopic (exact) mass is 317 g/mol. The van der Waals surface area contributed by atoms with E-state index in [-0.39, 0.29) is 18.1 Å². The van der Waals surface area contributed by atoms with Gasteiger partial charge in [0.1, 0.15) is 6.10 Å². The molecule has 0 radical (unpaired) electrons. The van der Waals surface area contributed by atoms with Crippen molar-refractivity contribution in [1.82, 2.24) is 4.90 Å². The van der Waals surface area contributed by atoms with Crippen molar-refractivity contribution in [3.05, 3.63) is 29.8 Å². The summed E-state index contributed by atoms with van der Waals surface area (Å²) in [7, 11) is 0. The maximum atomic E-state index is 12.1. The minimum absolute atomic E-state index is 0.0384. The average Bonchev–Trinajstić information content (AvgIpc) is 3.24. The molecule has 6 heteroatoms. The predicted octanol–water partition coefficient (Wildman–Crippen LogP) is 2.26. The van der Waals surface area contributed by atoms with Crippen molar-refractivity contribution < 1.29 is 9.53 Å². The van der Waals surface area contributed by atoms with Gasteiger partial charge in [-0.3, -0.25) is 9.79 Å². The molecule has 3 aliphatic heterocycles. The minimum Gasteiger partial charge on any atom is -0.368 e. The van der Waals surface area contributed by atoms with Gasteiger partial charge in [-0.05, 0) is 30.5 Å². The second kappa shape index (κ2) is 5.93. The number of aliphatic imine (C=N–C) groups is 1. The fraction of sp³-hybridized carbons (Fsp3) is 0.500. The summed E-state index contributed by atoms with van der Waals surface area (Å²) in [6, 6.07) is 8.21. The van der Waals surface area contributed by atoms with Crippen LogP contribution < -0.4 is 5.32 Å². The summed E-state index contributed by atoms with van der Waals surface area (Å²) in [5.41, 5.74) is 1.99. The van der Waals surface area contributed by atoms with E-state index in [4.69, 9.17) is 9.73 Å². The van der Waals surface area contributed by atoms with E-state index in [9.17, 15) is 4.79 Å². The Hall–Kier alpha value is -1.53. The van der Waals surface area contributed by atoms with Crippen LogP contribution in [-0.2, 0) is 9.53 Å². The number of benzene rings is 1. The van der Waals surface area contributed by atoms with Gasteiger partial charge in [0.2, 0.25) is 0 Å². The van der Waals surface area contributed by atoms with E-state index in [1.807, 2.05) is 30.0 Å². The number of hydrogen-bond donors (Lipinski definition) is 1. The lowest BCUT2D eigenvalue weighted by molar-refractivity contribution is -0.124. The zero-order valence-corrected chi connectivity index (χ0v) is 13.1. The van der Waals surface area contributed by atoms with Crippen LogP contribution >= 0.6 is 11.8 Å². The summed E-state index contributed by atoms with van der Waals surface area (Å²) in [5.74, 6) is 1.10. The van der Waals surface area contributed by atoms with Crippen molar-refractivity contribution >= 4 is 28.5 Å². The van der Waals surface area contributed by atoms with Gasteiger partial charge < -0.3 is 15.0 Å². The van der Waals surface area contributed by atoms with Crippen LogP contribution in [0.1, 0.15) is 24.4 Å². The summed E-state index contributed by atoms with van der Waals surface area (Å²) >= 11 is 1.83. The number of rotatable bonds is 3. The van der Waals surface area contributed by atoms with Crippen molar-refractivity contribution in [2.75, 3.05) is 30.8 Å². The molecule has 1 aromatic carbocycles. The van der Waals surface area contributed by atoms with Crippen LogP contribution in [0.4, 0.5) is 5.69 Å². The zero-order valence-electron chi connectivity index (χ0n) is 12.3. The maximum Gasteiger partial charge on any atom is 0.253 e. The Morgan fingerprint density at radius 3 is 3.23 bits per heavy atom. The van der Waals surface area contributed by atoms with E-state index < -0.39 is 0 Å². The number of nitrogens with one attached hydrogen (secondary N) is 1. The summed E-state index contributed by atoms with van der Waals surface area (Å²) in [6.07, 6.45) is 1.48. The van der Waals surface area contributed by atoms with E-state index in [2.05, 4.69) is 16.3 Å². The molecule has 22 heavy (non-hydrogen) atoms. The number of fused-ring (bicyclic) bond motifs is 1. The number of amidine groups is 1. The van der Waals surface area contributed by atoms with E-state index in [1.165, 1.54) is 5.17 Å². The van der Waals surface area contributed by atoms with Crippen LogP contribution in [0.2, 0.25) is 0 Å². The normalized spacial score (nSPS) is 26.9. The summed E-state index contributed by atoms with van der Waals surface area (Å²) < 4.78 is 5.42. The second-order valence-electron chi connectivity index (χ2n) is 5.84. The van der Waals surface area contributed by atoms with Crippen LogP contribution in [0.15, 0.2) is 29.3 Å². The molecule has 0 aliphatic carbocycles. The molecule has 2 saturated heterocycles. The Labute approximate surface area is 134 Å². The number of hydrogen-bond acceptors (Lipinski definition) is 5. The van der Waals surface area contributed by atoms with Crippen LogP contribution in [0.3, 0.4) is 0 Å². The second-order valence-corrected chi connectivity index (χ2v) is 6.90. The molecule has 3 heterocycles. The Kier molecular flexibility index (Phi) is 3.80. The van der Waals surface area contributed by atoms with E-state index in [0.717, 1.165) is 42.9 Å². The Bertz CT molecular complexity index is 613. The van der Waals surface area contributed by atoms with Gasteiger partial charge in [0.05, 0.1) is 6.04 Å². The van der Waals surface area contributed by atoms with Gasteiger partial charge in [0.15, 0.2) is 5.17 Å². The molecule has 5 nitrogen and oxygen atoms in total. The highest BCUT2D eigenvalue weighted by molar-refractivity contribution is 8.14. The molecular formula is C16H19N3O2S. The highest BCUT2D eigenvalue weighted by Crippen LogP contribution is 2.33. The maximum absolute atomic E-state index is 12.1. The van der Waals surface area contributed by atoms with Gasteiger partial charge in [-0.1, -0.05) is 23.9 Å². The average molecular weight is 317 g/mol. The van der Waals surface area contributed by atoms with E-state index >= 15 is 0 Å². The molecular weight excluding hydrogens is 298 g/mol. The van der Waals surface area contributed by atoms with Gasteiger partial charge in [0, 0.05) is 31.1 Å². The Morgan fingerprint density at radius 2 is 2.41 bits per heavy atom. The van der Waals surface area contributed by atoms with Gasteiger partial charge in [-0.25, -0.2) is 0 Å². The molecule has 0 bridgehead atoms. The first-order chi connectivity index (χ1) is 10.8. The largest absolute Gasteiger partial charge is 0.368 e. The lowest BCUT2D eigenvalue weighted by Crippen LogP contribution is -2.26. The predicted molar refractivity (Wildman–Crippen MR) is 88.3 cm³/mol. The summed E-state index contributed by atoms with van der Waals surface area (Å²) in [4.78, 5) is 19.3. The summed E-state index contributed by atoms with van der Waals surface area (Å²) in [6.45, 7) is 2.73. The third-order valence-electron chi connectivity index (χ3n) is 4.28. The van der Waals surface area contributed by atoms with Crippen molar-refractivity contribution in [2.24, 2.45) is 4.99 Å². The number of carbonyl (C=O) groups is 1. The van der Waals surface area contributed by atoms with E-state index in [0.29, 0.717) is 6.61 Å². The van der Waals surface area contributed by atoms with Gasteiger partial charge in [-0.15, -0.1) is 0 Å². The Morgan fingerprint density at radius 1 is 1.45 bits per heavy atom. The number of anilines is 1. The standard InChI is InChI=1S/C16H19N3O2S/c20-15(14-5-2-7-21-14)17-12-4-1-3-11(9-12)13-10-19-6-8-22-16(19)18-13/h1,3-4,9,13-14H,2,5-8,10H2,(H,17,20)/t13-,14?/m1/s1. The van der Waals surface area contributed by atoms with Crippen LogP contribution in [0, 0.1) is 0 Å². The molecule has 1 aromatic rings. The molecule has 3 aliphatic rings. The van der Waals surface area contributed by atoms with Gasteiger partial charge >= 0.3 is 0 Å². The third kappa shape index (κ3) is 2.73. The Balaban J connectivity index is 1.46. The molecule has 4 rings (SSSR count). The third-order valence-corrected chi connectivity index (χ3v) is 5.29. The van der Waals surface area contributed by atoms with Gasteiger partial charge in [-0.2, -0.15) is 0 Å². The fourth-order valence-electron chi connectivity index (χ4n) is 3.12. The van der Waals surface area contributed by atoms with E-state index in [1.54, 1.807) is 0 Å². The lowest BCUT2D eigenvalue weighted by Gasteiger charge is -2.15. The topological polar surface area (TPSA) is 53.9 Å². The first-order valence-electron chi connectivity index (χ1n) is 7.77. The lowest BCUT2D eigenvalue weighted by atomic mass is 10.1. The number of amides is 1. The molecule has 1 N–H and O–H groups in total. The van der Waals surface area contributed by atoms with Crippen LogP contribution in [0.25, 0.3) is 0 Å². The minimum atomic E-state index is -0.294. The molecule has 2 fully saturated rings. The van der Waals surface area contributed by atoms with Crippen LogP contribution in [-0.4, -0.2) is 47.5 Å². The number of carbonyl (C=O) groups excluding carboxylic acids is 1. The van der Waals surface area contributed by atoms with Crippen molar-refractivity contribution in [3.63, 3.8) is 0 Å². The van der Waals surface area contributed by atoms with Crippen molar-refractivity contribution in [2.45, 2.75) is 25.0 Å². The fourth-order valence-corrected chi connectivity index (χ4v) is 4.16. The van der Waals surface area contributed by atoms with Crippen molar-refractivity contribution in [1.29, 1.82) is 0 Å². The first kappa shape index (κ1) is 14.1. The van der Waals surface area contributed by atoms with Crippen LogP contribution in [0.5, 0.6) is 0 Å².